The van der Waals surface area contributed by atoms with Gasteiger partial charge >= 0.3 is 6.18 Å². The molecule has 3 aromatic rings. The summed E-state index contributed by atoms with van der Waals surface area (Å²) in [6, 6.07) is 7.30. The van der Waals surface area contributed by atoms with Gasteiger partial charge in [-0.3, -0.25) is 14.8 Å². The first-order valence-corrected chi connectivity index (χ1v) is 8.48. The maximum absolute atomic E-state index is 12.7. The number of nitro groups is 1. The van der Waals surface area contributed by atoms with E-state index >= 15 is 0 Å². The highest BCUT2D eigenvalue weighted by atomic mass is 19.4. The molecule has 0 radical (unpaired) electrons. The fourth-order valence-corrected chi connectivity index (χ4v) is 2.84. The van der Waals surface area contributed by atoms with Gasteiger partial charge in [0.15, 0.2) is 0 Å². The van der Waals surface area contributed by atoms with Crippen molar-refractivity contribution in [2.45, 2.75) is 33.0 Å². The van der Waals surface area contributed by atoms with Crippen molar-refractivity contribution in [1.82, 2.24) is 9.78 Å². The molecule has 0 spiro atoms. The van der Waals surface area contributed by atoms with Gasteiger partial charge in [-0.2, -0.15) is 18.3 Å². The second-order valence-corrected chi connectivity index (χ2v) is 6.84. The van der Waals surface area contributed by atoms with Crippen LogP contribution in [-0.2, 0) is 12.7 Å². The lowest BCUT2D eigenvalue weighted by molar-refractivity contribution is -0.384. The molecule has 142 valence electrons. The molecule has 5 nitrogen and oxygen atoms in total. The van der Waals surface area contributed by atoms with Crippen LogP contribution in [0, 0.1) is 16.0 Å². The molecule has 1 heterocycles. The average Bonchev–Trinajstić information content (AvgIpc) is 3.00. The van der Waals surface area contributed by atoms with Gasteiger partial charge in [0.25, 0.3) is 5.69 Å². The third kappa shape index (κ3) is 4.10. The lowest BCUT2D eigenvalue weighted by atomic mass is 10.0. The molecule has 3 rings (SSSR count). The summed E-state index contributed by atoms with van der Waals surface area (Å²) in [5.41, 5.74) is 0.196. The first-order chi connectivity index (χ1) is 12.6. The number of aryl methyl sites for hydroxylation is 1. The quantitative estimate of drug-likeness (QED) is 0.425. The fourth-order valence-electron chi connectivity index (χ4n) is 2.84. The monoisotopic (exact) mass is 377 g/mol. The molecule has 0 aliphatic rings. The summed E-state index contributed by atoms with van der Waals surface area (Å²) in [5, 5.41) is 16.6. The Balaban J connectivity index is 2.05. The molecule has 0 aliphatic heterocycles. The van der Waals surface area contributed by atoms with Crippen LogP contribution in [0.25, 0.3) is 22.0 Å². The first kappa shape index (κ1) is 18.9. The Hall–Kier alpha value is -2.90. The molecule has 1 aromatic heterocycles. The predicted octanol–water partition coefficient (Wildman–Crippen LogP) is 5.68. The van der Waals surface area contributed by atoms with Crippen molar-refractivity contribution in [2.75, 3.05) is 0 Å². The summed E-state index contributed by atoms with van der Waals surface area (Å²) >= 11 is 0. The van der Waals surface area contributed by atoms with Crippen molar-refractivity contribution >= 4 is 16.6 Å². The minimum Gasteiger partial charge on any atom is -0.272 e. The van der Waals surface area contributed by atoms with Crippen LogP contribution in [0.4, 0.5) is 18.9 Å². The average molecular weight is 377 g/mol. The zero-order valence-electron chi connectivity index (χ0n) is 14.8. The first-order valence-electron chi connectivity index (χ1n) is 8.48. The Morgan fingerprint density at radius 2 is 1.85 bits per heavy atom. The third-order valence-electron chi connectivity index (χ3n) is 4.32. The number of halogens is 3. The van der Waals surface area contributed by atoms with Crippen LogP contribution < -0.4 is 0 Å². The van der Waals surface area contributed by atoms with Crippen molar-refractivity contribution in [3.05, 3.63) is 58.3 Å². The Morgan fingerprint density at radius 3 is 2.41 bits per heavy atom. The van der Waals surface area contributed by atoms with Crippen molar-refractivity contribution in [2.24, 2.45) is 5.92 Å². The molecule has 2 aromatic carbocycles. The smallest absolute Gasteiger partial charge is 0.272 e. The van der Waals surface area contributed by atoms with Gasteiger partial charge in [-0.05, 0) is 36.1 Å². The maximum Gasteiger partial charge on any atom is 0.416 e. The molecule has 8 heteroatoms. The molecule has 0 amide bonds. The molecular weight excluding hydrogens is 359 g/mol. The molecule has 0 aliphatic carbocycles. The summed E-state index contributed by atoms with van der Waals surface area (Å²) in [6.45, 7) is 4.88. The highest BCUT2D eigenvalue weighted by molar-refractivity contribution is 5.89. The zero-order chi connectivity index (χ0) is 19.8. The number of hydrogen-bond acceptors (Lipinski definition) is 3. The number of aromatic nitrogens is 2. The highest BCUT2D eigenvalue weighted by Gasteiger charge is 2.30. The Labute approximate surface area is 153 Å². The van der Waals surface area contributed by atoms with Gasteiger partial charge < -0.3 is 0 Å². The van der Waals surface area contributed by atoms with E-state index in [-0.39, 0.29) is 11.3 Å². The third-order valence-corrected chi connectivity index (χ3v) is 4.32. The number of rotatable bonds is 5. The van der Waals surface area contributed by atoms with E-state index in [0.29, 0.717) is 28.9 Å². The van der Waals surface area contributed by atoms with Crippen LogP contribution in [-0.4, -0.2) is 14.7 Å². The molecule has 0 unspecified atom stereocenters. The van der Waals surface area contributed by atoms with Gasteiger partial charge in [0.1, 0.15) is 0 Å². The molecule has 0 atom stereocenters. The summed E-state index contributed by atoms with van der Waals surface area (Å²) in [6.07, 6.45) is -1.79. The predicted molar refractivity (Wildman–Crippen MR) is 96.3 cm³/mol. The van der Waals surface area contributed by atoms with Gasteiger partial charge in [0.2, 0.25) is 0 Å². The van der Waals surface area contributed by atoms with Crippen molar-refractivity contribution in [3.63, 3.8) is 0 Å². The van der Waals surface area contributed by atoms with Gasteiger partial charge in [0, 0.05) is 24.2 Å². The van der Waals surface area contributed by atoms with Crippen molar-refractivity contribution in [1.29, 1.82) is 0 Å². The van der Waals surface area contributed by atoms with Crippen LogP contribution in [0.15, 0.2) is 42.6 Å². The minimum atomic E-state index is -4.45. The lowest BCUT2D eigenvalue weighted by Crippen LogP contribution is -2.04. The Bertz CT molecular complexity index is 976. The summed E-state index contributed by atoms with van der Waals surface area (Å²) in [4.78, 5) is 11.0. The molecule has 27 heavy (non-hydrogen) atoms. The van der Waals surface area contributed by atoms with E-state index in [0.717, 1.165) is 18.6 Å². The number of benzene rings is 2. The fraction of sp³-hybridized carbons (Fsp3) is 0.316. The van der Waals surface area contributed by atoms with E-state index in [1.165, 1.54) is 18.2 Å². The second-order valence-electron chi connectivity index (χ2n) is 6.84. The minimum absolute atomic E-state index is 0.161. The SMILES string of the molecule is CC(C)CCn1cc2cc([N+](=O)[O-])c(-c3ccc(C(F)(F)F)cc3)cc2n1. The van der Waals surface area contributed by atoms with Crippen LogP contribution in [0.1, 0.15) is 25.8 Å². The van der Waals surface area contributed by atoms with Gasteiger partial charge in [-0.25, -0.2) is 0 Å². The van der Waals surface area contributed by atoms with E-state index in [9.17, 15) is 23.3 Å². The zero-order valence-corrected chi connectivity index (χ0v) is 14.8. The Kier molecular flexibility index (Phi) is 4.91. The van der Waals surface area contributed by atoms with E-state index in [2.05, 4.69) is 18.9 Å². The highest BCUT2D eigenvalue weighted by Crippen LogP contribution is 2.36. The molecule has 0 N–H and O–H groups in total. The normalized spacial score (nSPS) is 12.1. The number of alkyl halides is 3. The summed E-state index contributed by atoms with van der Waals surface area (Å²) in [5.74, 6) is 0.495. The number of nitro benzene ring substituents is 1. The molecule has 0 saturated heterocycles. The van der Waals surface area contributed by atoms with E-state index < -0.39 is 16.7 Å². The van der Waals surface area contributed by atoms with E-state index in [4.69, 9.17) is 0 Å². The van der Waals surface area contributed by atoms with E-state index in [1.54, 1.807) is 16.9 Å². The van der Waals surface area contributed by atoms with Gasteiger partial charge in [-0.15, -0.1) is 0 Å². The Morgan fingerprint density at radius 1 is 1.19 bits per heavy atom. The van der Waals surface area contributed by atoms with Gasteiger partial charge in [0.05, 0.1) is 21.6 Å². The molecular formula is C19H18F3N3O2. The topological polar surface area (TPSA) is 61.0 Å². The number of nitrogens with zero attached hydrogens (tertiary/aromatic N) is 3. The summed E-state index contributed by atoms with van der Waals surface area (Å²) in [7, 11) is 0. The molecule has 0 bridgehead atoms. The van der Waals surface area contributed by atoms with Crippen LogP contribution in [0.2, 0.25) is 0 Å². The second kappa shape index (κ2) is 7.02. The number of fused-ring (bicyclic) bond motifs is 1. The van der Waals surface area contributed by atoms with Crippen LogP contribution >= 0.6 is 0 Å². The van der Waals surface area contributed by atoms with Gasteiger partial charge in [-0.1, -0.05) is 26.0 Å². The van der Waals surface area contributed by atoms with Crippen LogP contribution in [0.3, 0.4) is 0 Å². The van der Waals surface area contributed by atoms with Crippen molar-refractivity contribution < 1.29 is 18.1 Å². The van der Waals surface area contributed by atoms with Crippen molar-refractivity contribution in [3.8, 4) is 11.1 Å². The molecule has 0 saturated carbocycles. The lowest BCUT2D eigenvalue weighted by Gasteiger charge is -2.08. The maximum atomic E-state index is 12.7. The van der Waals surface area contributed by atoms with Crippen LogP contribution in [0.5, 0.6) is 0 Å². The molecule has 0 fully saturated rings. The summed E-state index contributed by atoms with van der Waals surface area (Å²) < 4.78 is 40.0. The number of hydrogen-bond donors (Lipinski definition) is 0. The van der Waals surface area contributed by atoms with E-state index in [1.807, 2.05) is 0 Å². The standard InChI is InChI=1S/C19H18F3N3O2/c1-12(2)7-8-24-11-14-9-18(25(26)27)16(10-17(14)23-24)13-3-5-15(6-4-13)19(20,21)22/h3-6,9-12H,7-8H2,1-2H3. The largest absolute Gasteiger partial charge is 0.416 e.